The minimum absolute atomic E-state index is 0.107. The summed E-state index contributed by atoms with van der Waals surface area (Å²) in [4.78, 5) is 19.3. The maximum Gasteiger partial charge on any atom is 0.322 e. The number of rotatable bonds is 4. The maximum atomic E-state index is 12.7. The van der Waals surface area contributed by atoms with Crippen LogP contribution in [0.2, 0.25) is 0 Å². The van der Waals surface area contributed by atoms with Crippen LogP contribution in [0.3, 0.4) is 0 Å². The van der Waals surface area contributed by atoms with Gasteiger partial charge < -0.3 is 19.5 Å². The van der Waals surface area contributed by atoms with Gasteiger partial charge in [-0.1, -0.05) is 32.0 Å². The summed E-state index contributed by atoms with van der Waals surface area (Å²) in [5, 5.41) is 2.97. The third kappa shape index (κ3) is 4.11. The van der Waals surface area contributed by atoms with Crippen LogP contribution in [0.15, 0.2) is 54.6 Å². The molecule has 0 saturated carbocycles. The molecule has 1 N–H and O–H groups in total. The number of anilines is 1. The quantitative estimate of drug-likeness (QED) is 0.687. The number of carbonyl (C=O) groups excluding carboxylic acids is 1. The van der Waals surface area contributed by atoms with Crippen molar-refractivity contribution in [3.05, 3.63) is 71.8 Å². The molecule has 0 spiro atoms. The lowest BCUT2D eigenvalue weighted by Gasteiger charge is -2.27. The average Bonchev–Trinajstić information content (AvgIpc) is 3.06. The second-order valence-electron chi connectivity index (χ2n) is 7.62. The molecule has 0 saturated heterocycles. The minimum atomic E-state index is -0.107. The van der Waals surface area contributed by atoms with E-state index in [4.69, 9.17) is 9.72 Å². The summed E-state index contributed by atoms with van der Waals surface area (Å²) >= 11 is 0. The lowest BCUT2D eigenvalue weighted by atomic mass is 10.1. The van der Waals surface area contributed by atoms with E-state index in [2.05, 4.69) is 30.8 Å². The molecule has 6 heteroatoms. The van der Waals surface area contributed by atoms with E-state index in [0.29, 0.717) is 19.0 Å². The van der Waals surface area contributed by atoms with Crippen LogP contribution in [-0.2, 0) is 20.0 Å². The number of benzene rings is 2. The molecule has 0 atom stereocenters. The number of urea groups is 1. The van der Waals surface area contributed by atoms with Gasteiger partial charge in [-0.2, -0.15) is 0 Å². The van der Waals surface area contributed by atoms with Crippen LogP contribution in [0, 0.1) is 0 Å². The Bertz CT molecular complexity index is 994. The predicted molar refractivity (Wildman–Crippen MR) is 113 cm³/mol. The zero-order chi connectivity index (χ0) is 20.4. The predicted octanol–water partition coefficient (Wildman–Crippen LogP) is 4.93. The number of nitrogens with one attached hydrogen (secondary N) is 1. The maximum absolute atomic E-state index is 12.7. The Kier molecular flexibility index (Phi) is 5.25. The van der Waals surface area contributed by atoms with Crippen LogP contribution in [-0.4, -0.2) is 27.0 Å². The molecule has 29 heavy (non-hydrogen) atoms. The third-order valence-electron chi connectivity index (χ3n) is 5.18. The Morgan fingerprint density at radius 3 is 2.45 bits per heavy atom. The summed E-state index contributed by atoms with van der Waals surface area (Å²) in [7, 11) is 2.07. The number of para-hydroxylation sites is 1. The molecule has 4 rings (SSSR count). The molecule has 150 valence electrons. The first-order valence-corrected chi connectivity index (χ1v) is 9.94. The van der Waals surface area contributed by atoms with Crippen LogP contribution >= 0.6 is 0 Å². The van der Waals surface area contributed by atoms with Gasteiger partial charge in [0, 0.05) is 37.3 Å². The van der Waals surface area contributed by atoms with E-state index in [1.807, 2.05) is 59.5 Å². The summed E-state index contributed by atoms with van der Waals surface area (Å²) in [5.74, 6) is 2.95. The number of aromatic nitrogens is 2. The highest BCUT2D eigenvalue weighted by molar-refractivity contribution is 5.89. The van der Waals surface area contributed by atoms with Crippen LogP contribution < -0.4 is 10.1 Å². The molecule has 2 amide bonds. The molecule has 2 aromatic carbocycles. The molecule has 0 aliphatic carbocycles. The zero-order valence-electron chi connectivity index (χ0n) is 17.1. The SMILES string of the molecule is CC(C)c1nc2c(n1C)CCN(C(=O)Nc1ccc(Oc3ccccc3)cc1)C2. The molecule has 3 aromatic rings. The summed E-state index contributed by atoms with van der Waals surface area (Å²) < 4.78 is 7.97. The van der Waals surface area contributed by atoms with E-state index in [1.54, 1.807) is 0 Å². The summed E-state index contributed by atoms with van der Waals surface area (Å²) in [5.41, 5.74) is 2.98. The van der Waals surface area contributed by atoms with Crippen LogP contribution in [0.1, 0.15) is 37.0 Å². The summed E-state index contributed by atoms with van der Waals surface area (Å²) in [6.45, 7) is 5.51. The fourth-order valence-corrected chi connectivity index (χ4v) is 3.67. The van der Waals surface area contributed by atoms with Crippen molar-refractivity contribution < 1.29 is 9.53 Å². The van der Waals surface area contributed by atoms with E-state index >= 15 is 0 Å². The van der Waals surface area contributed by atoms with Gasteiger partial charge in [-0.05, 0) is 36.4 Å². The second kappa shape index (κ2) is 7.99. The lowest BCUT2D eigenvalue weighted by Crippen LogP contribution is -2.39. The topological polar surface area (TPSA) is 59.4 Å². The van der Waals surface area contributed by atoms with Gasteiger partial charge in [-0.25, -0.2) is 9.78 Å². The first-order chi connectivity index (χ1) is 14.0. The van der Waals surface area contributed by atoms with Gasteiger partial charge in [0.05, 0.1) is 12.2 Å². The highest BCUT2D eigenvalue weighted by atomic mass is 16.5. The van der Waals surface area contributed by atoms with E-state index in [-0.39, 0.29) is 6.03 Å². The molecular formula is C23H26N4O2. The normalized spacial score (nSPS) is 13.3. The van der Waals surface area contributed by atoms with Gasteiger partial charge in [0.2, 0.25) is 0 Å². The van der Waals surface area contributed by atoms with E-state index in [0.717, 1.165) is 35.1 Å². The summed E-state index contributed by atoms with van der Waals surface area (Å²) in [6.07, 6.45) is 0.822. The highest BCUT2D eigenvalue weighted by Gasteiger charge is 2.26. The lowest BCUT2D eigenvalue weighted by molar-refractivity contribution is 0.205. The van der Waals surface area contributed by atoms with Crippen molar-refractivity contribution >= 4 is 11.7 Å². The van der Waals surface area contributed by atoms with Gasteiger partial charge in [0.15, 0.2) is 0 Å². The molecule has 2 heterocycles. The van der Waals surface area contributed by atoms with Gasteiger partial charge in [0.1, 0.15) is 17.3 Å². The minimum Gasteiger partial charge on any atom is -0.457 e. The van der Waals surface area contributed by atoms with Crippen molar-refractivity contribution in [2.75, 3.05) is 11.9 Å². The first kappa shape index (κ1) is 19.1. The largest absolute Gasteiger partial charge is 0.457 e. The molecule has 1 aromatic heterocycles. The Balaban J connectivity index is 1.39. The van der Waals surface area contributed by atoms with Crippen LogP contribution in [0.4, 0.5) is 10.5 Å². The van der Waals surface area contributed by atoms with Gasteiger partial charge in [-0.15, -0.1) is 0 Å². The van der Waals surface area contributed by atoms with E-state index < -0.39 is 0 Å². The monoisotopic (exact) mass is 390 g/mol. The zero-order valence-corrected chi connectivity index (χ0v) is 17.1. The third-order valence-corrected chi connectivity index (χ3v) is 5.18. The van der Waals surface area contributed by atoms with Crippen molar-refractivity contribution in [2.45, 2.75) is 32.7 Å². The Labute approximate surface area is 171 Å². The van der Waals surface area contributed by atoms with Gasteiger partial charge in [0.25, 0.3) is 0 Å². The fourth-order valence-electron chi connectivity index (χ4n) is 3.67. The molecule has 0 radical (unpaired) electrons. The Hall–Kier alpha value is -3.28. The van der Waals surface area contributed by atoms with Crippen LogP contribution in [0.25, 0.3) is 0 Å². The first-order valence-electron chi connectivity index (χ1n) is 9.94. The van der Waals surface area contributed by atoms with Crippen molar-refractivity contribution in [1.82, 2.24) is 14.5 Å². The Morgan fingerprint density at radius 1 is 1.07 bits per heavy atom. The number of nitrogens with zero attached hydrogens (tertiary/aromatic N) is 3. The van der Waals surface area contributed by atoms with Crippen LogP contribution in [0.5, 0.6) is 11.5 Å². The fraction of sp³-hybridized carbons (Fsp3) is 0.304. The number of ether oxygens (including phenoxy) is 1. The molecule has 0 unspecified atom stereocenters. The van der Waals surface area contributed by atoms with Crippen molar-refractivity contribution in [3.63, 3.8) is 0 Å². The number of carbonyl (C=O) groups is 1. The second-order valence-corrected chi connectivity index (χ2v) is 7.62. The smallest absolute Gasteiger partial charge is 0.322 e. The number of amides is 2. The highest BCUT2D eigenvalue weighted by Crippen LogP contribution is 2.25. The number of fused-ring (bicyclic) bond motifs is 1. The molecule has 0 bridgehead atoms. The van der Waals surface area contributed by atoms with Crippen molar-refractivity contribution in [1.29, 1.82) is 0 Å². The molecule has 0 fully saturated rings. The van der Waals surface area contributed by atoms with Crippen molar-refractivity contribution in [3.8, 4) is 11.5 Å². The van der Waals surface area contributed by atoms with Crippen molar-refractivity contribution in [2.24, 2.45) is 7.05 Å². The standard InChI is InChI=1S/C23H26N4O2/c1-16(2)22-25-20-15-27(14-13-21(20)26(22)3)23(28)24-17-9-11-19(12-10-17)29-18-7-5-4-6-8-18/h4-12,16H,13-15H2,1-3H3,(H,24,28). The molecule has 1 aliphatic heterocycles. The number of hydrogen-bond acceptors (Lipinski definition) is 3. The number of hydrogen-bond donors (Lipinski definition) is 1. The van der Waals surface area contributed by atoms with E-state index in [1.165, 1.54) is 5.69 Å². The average molecular weight is 390 g/mol. The van der Waals surface area contributed by atoms with Gasteiger partial charge in [-0.3, -0.25) is 0 Å². The number of imidazole rings is 1. The summed E-state index contributed by atoms with van der Waals surface area (Å²) in [6, 6.07) is 16.9. The Morgan fingerprint density at radius 2 is 1.76 bits per heavy atom. The molecular weight excluding hydrogens is 364 g/mol. The molecule has 6 nitrogen and oxygen atoms in total. The van der Waals surface area contributed by atoms with E-state index in [9.17, 15) is 4.79 Å². The molecule has 1 aliphatic rings. The van der Waals surface area contributed by atoms with Gasteiger partial charge >= 0.3 is 6.03 Å².